The quantitative estimate of drug-likeness (QED) is 0.379. The fraction of sp³-hybridized carbons (Fsp3) is 0.833. The number of hydrogen-bond donors (Lipinski definition) is 1. The molecule has 1 aliphatic rings. The molecule has 2 unspecified atom stereocenters. The summed E-state index contributed by atoms with van der Waals surface area (Å²) in [5, 5.41) is 0. The predicted molar refractivity (Wildman–Crippen MR) is 124 cm³/mol. The van der Waals surface area contributed by atoms with Gasteiger partial charge in [-0.3, -0.25) is 0 Å². The molecule has 0 saturated carbocycles. The van der Waals surface area contributed by atoms with E-state index < -0.39 is 0 Å². The summed E-state index contributed by atoms with van der Waals surface area (Å²) in [7, 11) is 1.03. The van der Waals surface area contributed by atoms with Gasteiger partial charge in [-0.05, 0) is 85.3 Å². The maximum Gasteiger partial charge on any atom is 0.0756 e. The Bertz CT molecular complexity index is 567. The van der Waals surface area contributed by atoms with Crippen LogP contribution in [0.1, 0.15) is 101 Å². The largest absolute Gasteiger partial charge is 0.376 e. The van der Waals surface area contributed by atoms with Crippen molar-refractivity contribution in [2.45, 2.75) is 112 Å². The van der Waals surface area contributed by atoms with Gasteiger partial charge in [-0.1, -0.05) is 44.3 Å². The first-order valence-electron chi connectivity index (χ1n) is 11.0. The van der Waals surface area contributed by atoms with Gasteiger partial charge in [0.15, 0.2) is 0 Å². The van der Waals surface area contributed by atoms with E-state index in [1.807, 2.05) is 0 Å². The summed E-state index contributed by atoms with van der Waals surface area (Å²) >= 11 is 0. The first-order chi connectivity index (χ1) is 12.3. The highest BCUT2D eigenvalue weighted by molar-refractivity contribution is 6.05. The van der Waals surface area contributed by atoms with Crippen LogP contribution in [-0.2, 0) is 4.74 Å². The van der Waals surface area contributed by atoms with Crippen LogP contribution in [0.15, 0.2) is 22.3 Å². The normalized spacial score (nSPS) is 21.3. The summed E-state index contributed by atoms with van der Waals surface area (Å²) in [6.07, 6.45) is 6.29. The fourth-order valence-corrected chi connectivity index (χ4v) is 5.18. The second kappa shape index (κ2) is 9.41. The van der Waals surface area contributed by atoms with E-state index in [9.17, 15) is 0 Å². The molecule has 2 atom stereocenters. The van der Waals surface area contributed by atoms with Crippen LogP contribution in [0.3, 0.4) is 0 Å². The van der Waals surface area contributed by atoms with Crippen LogP contribution in [0.4, 0.5) is 0 Å². The second-order valence-corrected chi connectivity index (χ2v) is 10.9. The van der Waals surface area contributed by atoms with Crippen molar-refractivity contribution in [3.63, 3.8) is 0 Å². The number of rotatable bonds is 10. The minimum Gasteiger partial charge on any atom is -0.376 e. The Labute approximate surface area is 173 Å². The highest BCUT2D eigenvalue weighted by Gasteiger charge is 2.46. The van der Waals surface area contributed by atoms with E-state index in [1.54, 1.807) is 16.7 Å². The summed E-state index contributed by atoms with van der Waals surface area (Å²) in [6, 6.07) is 0. The molecular weight excluding hydrogens is 346 g/mol. The van der Waals surface area contributed by atoms with E-state index in [1.165, 1.54) is 37.7 Å². The summed E-state index contributed by atoms with van der Waals surface area (Å²) in [5.41, 5.74) is 6.63. The Hall–Kier alpha value is -0.383. The molecule has 1 rings (SSSR count). The van der Waals surface area contributed by atoms with Crippen LogP contribution >= 0.6 is 0 Å². The van der Waals surface area contributed by atoms with Gasteiger partial charge in [-0.25, -0.2) is 0 Å². The lowest BCUT2D eigenvalue weighted by Crippen LogP contribution is -2.53. The molecule has 2 nitrogen and oxygen atoms in total. The summed E-state index contributed by atoms with van der Waals surface area (Å²) < 4.78 is 5.86. The smallest absolute Gasteiger partial charge is 0.0756 e. The highest BCUT2D eigenvalue weighted by atomic mass is 28.2. The second-order valence-electron chi connectivity index (χ2n) is 10.4. The van der Waals surface area contributed by atoms with Crippen LogP contribution in [0.25, 0.3) is 0 Å². The van der Waals surface area contributed by atoms with Crippen molar-refractivity contribution in [1.82, 2.24) is 4.98 Å². The van der Waals surface area contributed by atoms with E-state index in [4.69, 9.17) is 4.74 Å². The standard InChI is InChI=1S/C24H47NOSi/c1-17-18(2)20(4)21(19(17)3)24(10,23(8,9)25-27)15-13-11-12-14-16-26-22(5,6)7/h19,25H,11-16H2,1-10,27H3. The maximum atomic E-state index is 5.86. The van der Waals surface area contributed by atoms with Crippen LogP contribution in [0.5, 0.6) is 0 Å². The van der Waals surface area contributed by atoms with E-state index in [-0.39, 0.29) is 16.6 Å². The van der Waals surface area contributed by atoms with Crippen molar-refractivity contribution in [2.24, 2.45) is 11.3 Å². The Morgan fingerprint density at radius 2 is 1.44 bits per heavy atom. The Kier molecular flexibility index (Phi) is 8.59. The van der Waals surface area contributed by atoms with Crippen molar-refractivity contribution in [1.29, 1.82) is 0 Å². The molecule has 1 N–H and O–H groups in total. The number of nitrogens with one attached hydrogen (secondary N) is 1. The van der Waals surface area contributed by atoms with Gasteiger partial charge in [-0.15, -0.1) is 0 Å². The molecule has 0 aromatic carbocycles. The molecule has 0 bridgehead atoms. The van der Waals surface area contributed by atoms with Crippen molar-refractivity contribution < 1.29 is 4.74 Å². The molecule has 0 spiro atoms. The van der Waals surface area contributed by atoms with Gasteiger partial charge in [0, 0.05) is 17.6 Å². The van der Waals surface area contributed by atoms with E-state index in [0.29, 0.717) is 5.92 Å². The SMILES string of the molecule is CC1=C(C)C(C)C(C(C)(CCCCCCOC(C)(C)C)C(C)(C)N[SiH3])=C1C. The number of hydrogen-bond acceptors (Lipinski definition) is 2. The molecule has 3 heteroatoms. The lowest BCUT2D eigenvalue weighted by Gasteiger charge is -2.48. The fourth-order valence-electron chi connectivity index (χ4n) is 4.63. The Balaban J connectivity index is 2.78. The topological polar surface area (TPSA) is 21.3 Å². The highest BCUT2D eigenvalue weighted by Crippen LogP contribution is 2.52. The van der Waals surface area contributed by atoms with Crippen LogP contribution in [-0.4, -0.2) is 28.2 Å². The van der Waals surface area contributed by atoms with Gasteiger partial charge >= 0.3 is 0 Å². The van der Waals surface area contributed by atoms with Gasteiger partial charge in [0.25, 0.3) is 0 Å². The van der Waals surface area contributed by atoms with Crippen LogP contribution < -0.4 is 4.98 Å². The lowest BCUT2D eigenvalue weighted by molar-refractivity contribution is -0.00482. The molecule has 0 saturated heterocycles. The minimum absolute atomic E-state index is 0.00931. The predicted octanol–water partition coefficient (Wildman–Crippen LogP) is 5.71. The zero-order chi connectivity index (χ0) is 21.0. The van der Waals surface area contributed by atoms with Crippen molar-refractivity contribution in [2.75, 3.05) is 6.61 Å². The zero-order valence-corrected chi connectivity index (χ0v) is 22.2. The molecule has 0 aliphatic heterocycles. The van der Waals surface area contributed by atoms with E-state index in [0.717, 1.165) is 17.0 Å². The summed E-state index contributed by atoms with van der Waals surface area (Å²) in [6.45, 7) is 24.0. The first-order valence-corrected chi connectivity index (χ1v) is 12.0. The third kappa shape index (κ3) is 5.80. The summed E-state index contributed by atoms with van der Waals surface area (Å²) in [4.78, 5) is 3.77. The van der Waals surface area contributed by atoms with Gasteiger partial charge < -0.3 is 9.72 Å². The average molecular weight is 394 g/mol. The molecular formula is C24H47NOSi. The molecule has 0 aromatic rings. The molecule has 0 fully saturated rings. The summed E-state index contributed by atoms with van der Waals surface area (Å²) in [5.74, 6) is 0.574. The van der Waals surface area contributed by atoms with Gasteiger partial charge in [0.05, 0.1) is 16.0 Å². The zero-order valence-electron chi connectivity index (χ0n) is 20.2. The van der Waals surface area contributed by atoms with E-state index in [2.05, 4.69) is 74.2 Å². The van der Waals surface area contributed by atoms with Crippen LogP contribution in [0.2, 0.25) is 0 Å². The van der Waals surface area contributed by atoms with Crippen molar-refractivity contribution in [3.8, 4) is 0 Å². The Morgan fingerprint density at radius 3 is 1.89 bits per heavy atom. The minimum atomic E-state index is -0.00931. The van der Waals surface area contributed by atoms with Gasteiger partial charge in [0.2, 0.25) is 0 Å². The van der Waals surface area contributed by atoms with Gasteiger partial charge in [-0.2, -0.15) is 0 Å². The third-order valence-electron chi connectivity index (χ3n) is 7.35. The molecule has 0 amide bonds. The molecule has 0 heterocycles. The maximum absolute atomic E-state index is 5.86. The molecule has 1 aliphatic carbocycles. The lowest BCUT2D eigenvalue weighted by atomic mass is 9.62. The molecule has 158 valence electrons. The first kappa shape index (κ1) is 24.7. The van der Waals surface area contributed by atoms with E-state index >= 15 is 0 Å². The van der Waals surface area contributed by atoms with Crippen molar-refractivity contribution >= 4 is 10.4 Å². The van der Waals surface area contributed by atoms with Gasteiger partial charge in [0.1, 0.15) is 0 Å². The van der Waals surface area contributed by atoms with Crippen LogP contribution in [0, 0.1) is 11.3 Å². The van der Waals surface area contributed by atoms with Crippen molar-refractivity contribution in [3.05, 3.63) is 22.3 Å². The number of unbranched alkanes of at least 4 members (excludes halogenated alkanes) is 3. The molecule has 27 heavy (non-hydrogen) atoms. The number of ether oxygens (including phenoxy) is 1. The Morgan fingerprint density at radius 1 is 0.889 bits per heavy atom. The molecule has 0 aromatic heterocycles. The molecule has 0 radical (unpaired) electrons. The average Bonchev–Trinajstić information content (AvgIpc) is 2.76. The third-order valence-corrected chi connectivity index (χ3v) is 8.60. The monoisotopic (exact) mass is 393 g/mol. The number of allylic oxidation sites excluding steroid dienone is 3.